The third kappa shape index (κ3) is 2.24. The van der Waals surface area contributed by atoms with Gasteiger partial charge in [0.15, 0.2) is 5.78 Å². The number of carbonyl (C=O) groups excluding carboxylic acids is 2. The van der Waals surface area contributed by atoms with Crippen LogP contribution in [0.4, 0.5) is 5.69 Å². The molecule has 17 heavy (non-hydrogen) atoms. The summed E-state index contributed by atoms with van der Waals surface area (Å²) in [4.78, 5) is 23.4. The van der Waals surface area contributed by atoms with Gasteiger partial charge in [0, 0.05) is 16.5 Å². The van der Waals surface area contributed by atoms with Crippen LogP contribution in [0.15, 0.2) is 24.3 Å². The molecular weight excluding hydrogens is 238 g/mol. The fourth-order valence-electron chi connectivity index (χ4n) is 1.62. The van der Waals surface area contributed by atoms with Crippen LogP contribution < -0.4 is 5.32 Å². The molecule has 0 unspecified atom stereocenters. The molecule has 0 saturated carbocycles. The minimum Gasteiger partial charge on any atom is -0.321 e. The molecule has 1 aliphatic heterocycles. The molecule has 1 amide bonds. The van der Waals surface area contributed by atoms with Crippen LogP contribution in [0.1, 0.15) is 19.4 Å². The standard InChI is InChI=1S/C13H12ClNO2/c1-7(2)12(16)6-10-9-4-3-8(14)5-11(9)15-13(10)17/h3-7H,1-2H3,(H,15,17)/b10-6+. The van der Waals surface area contributed by atoms with Crippen molar-refractivity contribution in [1.29, 1.82) is 0 Å². The van der Waals surface area contributed by atoms with E-state index < -0.39 is 0 Å². The molecule has 1 aromatic carbocycles. The summed E-state index contributed by atoms with van der Waals surface area (Å²) in [6, 6.07) is 5.12. The van der Waals surface area contributed by atoms with Gasteiger partial charge in [-0.2, -0.15) is 0 Å². The predicted molar refractivity (Wildman–Crippen MR) is 67.9 cm³/mol. The van der Waals surface area contributed by atoms with Crippen LogP contribution in [-0.4, -0.2) is 11.7 Å². The number of benzene rings is 1. The van der Waals surface area contributed by atoms with Crippen LogP contribution in [0.25, 0.3) is 5.57 Å². The maximum absolute atomic E-state index is 11.7. The van der Waals surface area contributed by atoms with Crippen molar-refractivity contribution < 1.29 is 9.59 Å². The molecule has 0 spiro atoms. The highest BCUT2D eigenvalue weighted by Crippen LogP contribution is 2.33. The zero-order valence-electron chi connectivity index (χ0n) is 9.58. The Hall–Kier alpha value is -1.61. The summed E-state index contributed by atoms with van der Waals surface area (Å²) in [7, 11) is 0. The van der Waals surface area contributed by atoms with Gasteiger partial charge < -0.3 is 5.32 Å². The van der Waals surface area contributed by atoms with Gasteiger partial charge in [-0.25, -0.2) is 0 Å². The first kappa shape index (κ1) is 11.9. The first-order chi connectivity index (χ1) is 7.99. The first-order valence-corrected chi connectivity index (χ1v) is 5.73. The highest BCUT2D eigenvalue weighted by atomic mass is 35.5. The van der Waals surface area contributed by atoms with Crippen LogP contribution in [0.3, 0.4) is 0 Å². The van der Waals surface area contributed by atoms with Gasteiger partial charge in [-0.1, -0.05) is 31.5 Å². The van der Waals surface area contributed by atoms with Crippen molar-refractivity contribution in [3.05, 3.63) is 34.9 Å². The molecular formula is C13H12ClNO2. The van der Waals surface area contributed by atoms with Crippen molar-refractivity contribution in [3.63, 3.8) is 0 Å². The molecule has 3 nitrogen and oxygen atoms in total. The Bertz CT molecular complexity index is 532. The second-order valence-corrected chi connectivity index (χ2v) is 4.70. The Labute approximate surface area is 104 Å². The molecule has 2 rings (SSSR count). The third-order valence-corrected chi connectivity index (χ3v) is 2.86. The zero-order chi connectivity index (χ0) is 12.6. The molecule has 0 fully saturated rings. The van der Waals surface area contributed by atoms with Crippen molar-refractivity contribution in [1.82, 2.24) is 0 Å². The normalized spacial score (nSPS) is 16.2. The SMILES string of the molecule is CC(C)C(=O)/C=C1/C(=O)Nc2cc(Cl)ccc21. The number of hydrogen-bond acceptors (Lipinski definition) is 2. The molecule has 88 valence electrons. The largest absolute Gasteiger partial charge is 0.321 e. The third-order valence-electron chi connectivity index (χ3n) is 2.62. The fourth-order valence-corrected chi connectivity index (χ4v) is 1.79. The maximum Gasteiger partial charge on any atom is 0.256 e. The van der Waals surface area contributed by atoms with Crippen LogP contribution in [0, 0.1) is 5.92 Å². The van der Waals surface area contributed by atoms with E-state index in [0.29, 0.717) is 16.3 Å². The number of fused-ring (bicyclic) bond motifs is 1. The smallest absolute Gasteiger partial charge is 0.256 e. The average Bonchev–Trinajstić information content (AvgIpc) is 2.54. The lowest BCUT2D eigenvalue weighted by molar-refractivity contribution is -0.117. The van der Waals surface area contributed by atoms with Gasteiger partial charge in [0.25, 0.3) is 5.91 Å². The lowest BCUT2D eigenvalue weighted by atomic mass is 10.0. The summed E-state index contributed by atoms with van der Waals surface area (Å²) in [5.41, 5.74) is 1.80. The summed E-state index contributed by atoms with van der Waals surface area (Å²) in [6.45, 7) is 3.60. The molecule has 4 heteroatoms. The summed E-state index contributed by atoms with van der Waals surface area (Å²) >= 11 is 5.84. The van der Waals surface area contributed by atoms with Crippen LogP contribution in [0.2, 0.25) is 5.02 Å². The average molecular weight is 250 g/mol. The Morgan fingerprint density at radius 3 is 2.76 bits per heavy atom. The number of halogens is 1. The van der Waals surface area contributed by atoms with Crippen molar-refractivity contribution >= 4 is 34.6 Å². The van der Waals surface area contributed by atoms with E-state index in [0.717, 1.165) is 5.56 Å². The summed E-state index contributed by atoms with van der Waals surface area (Å²) in [5, 5.41) is 3.24. The molecule has 0 aromatic heterocycles. The van der Waals surface area contributed by atoms with Crippen molar-refractivity contribution in [2.24, 2.45) is 5.92 Å². The second kappa shape index (κ2) is 4.34. The lowest BCUT2D eigenvalue weighted by Crippen LogP contribution is -2.08. The van der Waals surface area contributed by atoms with Gasteiger partial charge in [-0.3, -0.25) is 9.59 Å². The highest BCUT2D eigenvalue weighted by Gasteiger charge is 2.25. The number of allylic oxidation sites excluding steroid dienone is 1. The van der Waals surface area contributed by atoms with Crippen molar-refractivity contribution in [2.45, 2.75) is 13.8 Å². The Morgan fingerprint density at radius 1 is 1.41 bits per heavy atom. The Kier molecular flexibility index (Phi) is 3.03. The molecule has 1 heterocycles. The minimum atomic E-state index is -0.253. The van der Waals surface area contributed by atoms with E-state index in [9.17, 15) is 9.59 Å². The number of hydrogen-bond donors (Lipinski definition) is 1. The molecule has 1 N–H and O–H groups in total. The van der Waals surface area contributed by atoms with E-state index in [1.165, 1.54) is 6.08 Å². The quantitative estimate of drug-likeness (QED) is 0.820. The Balaban J connectivity index is 2.45. The van der Waals surface area contributed by atoms with Crippen LogP contribution >= 0.6 is 11.6 Å². The molecule has 1 aromatic rings. The van der Waals surface area contributed by atoms with E-state index in [1.807, 2.05) is 0 Å². The van der Waals surface area contributed by atoms with Gasteiger partial charge in [0.2, 0.25) is 0 Å². The van der Waals surface area contributed by atoms with E-state index in [1.54, 1.807) is 32.0 Å². The fraction of sp³-hybridized carbons (Fsp3) is 0.231. The summed E-state index contributed by atoms with van der Waals surface area (Å²) in [5.74, 6) is -0.430. The molecule has 0 bridgehead atoms. The summed E-state index contributed by atoms with van der Waals surface area (Å²) in [6.07, 6.45) is 1.40. The van der Waals surface area contributed by atoms with Crippen molar-refractivity contribution in [2.75, 3.05) is 5.32 Å². The topological polar surface area (TPSA) is 46.2 Å². The molecule has 0 aliphatic carbocycles. The van der Waals surface area contributed by atoms with Gasteiger partial charge in [0.05, 0.1) is 11.3 Å². The number of nitrogens with one attached hydrogen (secondary N) is 1. The van der Waals surface area contributed by atoms with Gasteiger partial charge in [-0.05, 0) is 18.2 Å². The Morgan fingerprint density at radius 2 is 2.12 bits per heavy atom. The van der Waals surface area contributed by atoms with Crippen LogP contribution in [0.5, 0.6) is 0 Å². The number of anilines is 1. The minimum absolute atomic E-state index is 0.0575. The van der Waals surface area contributed by atoms with Crippen LogP contribution in [-0.2, 0) is 9.59 Å². The highest BCUT2D eigenvalue weighted by molar-refractivity contribution is 6.36. The molecule has 0 radical (unpaired) electrons. The number of rotatable bonds is 2. The van der Waals surface area contributed by atoms with E-state index in [-0.39, 0.29) is 17.6 Å². The van der Waals surface area contributed by atoms with E-state index >= 15 is 0 Å². The van der Waals surface area contributed by atoms with Gasteiger partial charge in [0.1, 0.15) is 0 Å². The van der Waals surface area contributed by atoms with E-state index in [4.69, 9.17) is 11.6 Å². The summed E-state index contributed by atoms with van der Waals surface area (Å²) < 4.78 is 0. The zero-order valence-corrected chi connectivity index (χ0v) is 10.3. The number of carbonyl (C=O) groups is 2. The monoisotopic (exact) mass is 249 g/mol. The maximum atomic E-state index is 11.7. The van der Waals surface area contributed by atoms with Crippen molar-refractivity contribution in [3.8, 4) is 0 Å². The van der Waals surface area contributed by atoms with E-state index in [2.05, 4.69) is 5.32 Å². The lowest BCUT2D eigenvalue weighted by Gasteiger charge is -2.00. The number of ketones is 1. The second-order valence-electron chi connectivity index (χ2n) is 4.26. The number of amides is 1. The van der Waals surface area contributed by atoms with Gasteiger partial charge in [-0.15, -0.1) is 0 Å². The molecule has 0 atom stereocenters. The van der Waals surface area contributed by atoms with Gasteiger partial charge >= 0.3 is 0 Å². The first-order valence-electron chi connectivity index (χ1n) is 5.36. The molecule has 0 saturated heterocycles. The molecule has 1 aliphatic rings. The predicted octanol–water partition coefficient (Wildman–Crippen LogP) is 2.90.